The summed E-state index contributed by atoms with van der Waals surface area (Å²) < 4.78 is 12.3. The van der Waals surface area contributed by atoms with E-state index in [1.807, 2.05) is 33.9 Å². The fourth-order valence-electron chi connectivity index (χ4n) is 2.54. The second-order valence-electron chi connectivity index (χ2n) is 5.52. The Morgan fingerprint density at radius 1 is 1.17 bits per heavy atom. The van der Waals surface area contributed by atoms with Crippen molar-refractivity contribution in [2.24, 2.45) is 7.05 Å². The standard InChI is InChI=1S/C17H23N3O3/c1-10-7-15(22-5)16(23-6)9-14(10)18-17(21)8-13-11(2)19-20(4)12(13)3/h7,9H,8H2,1-6H3,(H,18,21). The fraction of sp³-hybridized carbons (Fsp3) is 0.412. The van der Waals surface area contributed by atoms with E-state index in [2.05, 4.69) is 10.4 Å². The number of methoxy groups -OCH3 is 2. The summed E-state index contributed by atoms with van der Waals surface area (Å²) in [7, 11) is 5.03. The van der Waals surface area contributed by atoms with Gasteiger partial charge in [0.15, 0.2) is 11.5 Å². The number of ether oxygens (including phenoxy) is 2. The molecule has 6 heteroatoms. The van der Waals surface area contributed by atoms with Crippen LogP contribution >= 0.6 is 0 Å². The Hall–Kier alpha value is -2.50. The topological polar surface area (TPSA) is 65.4 Å². The van der Waals surface area contributed by atoms with Crippen LogP contribution in [0.4, 0.5) is 5.69 Å². The van der Waals surface area contributed by atoms with E-state index in [1.54, 1.807) is 25.0 Å². The van der Waals surface area contributed by atoms with Crippen molar-refractivity contribution in [2.75, 3.05) is 19.5 Å². The Morgan fingerprint density at radius 2 is 1.78 bits per heavy atom. The van der Waals surface area contributed by atoms with Gasteiger partial charge in [-0.15, -0.1) is 0 Å². The summed E-state index contributed by atoms with van der Waals surface area (Å²) >= 11 is 0. The summed E-state index contributed by atoms with van der Waals surface area (Å²) in [6.45, 7) is 5.79. The average molecular weight is 317 g/mol. The Kier molecular flexibility index (Phi) is 4.93. The molecule has 1 aromatic heterocycles. The lowest BCUT2D eigenvalue weighted by molar-refractivity contribution is -0.115. The molecule has 124 valence electrons. The minimum absolute atomic E-state index is 0.0838. The van der Waals surface area contributed by atoms with Crippen molar-refractivity contribution in [2.45, 2.75) is 27.2 Å². The van der Waals surface area contributed by atoms with E-state index < -0.39 is 0 Å². The molecular formula is C17H23N3O3. The van der Waals surface area contributed by atoms with Crippen LogP contribution in [0.5, 0.6) is 11.5 Å². The molecule has 1 amide bonds. The summed E-state index contributed by atoms with van der Waals surface area (Å²) in [5, 5.41) is 7.28. The van der Waals surface area contributed by atoms with Gasteiger partial charge in [0.25, 0.3) is 0 Å². The van der Waals surface area contributed by atoms with Crippen molar-refractivity contribution in [3.05, 3.63) is 34.6 Å². The molecule has 2 aromatic rings. The molecule has 23 heavy (non-hydrogen) atoms. The number of carbonyl (C=O) groups is 1. The molecule has 0 aliphatic heterocycles. The van der Waals surface area contributed by atoms with Crippen LogP contribution in [0.1, 0.15) is 22.5 Å². The van der Waals surface area contributed by atoms with Crippen molar-refractivity contribution < 1.29 is 14.3 Å². The third-order valence-corrected chi connectivity index (χ3v) is 4.00. The van der Waals surface area contributed by atoms with Crippen LogP contribution in [0.3, 0.4) is 0 Å². The maximum absolute atomic E-state index is 12.4. The highest BCUT2D eigenvalue weighted by Gasteiger charge is 2.15. The first-order valence-electron chi connectivity index (χ1n) is 7.39. The van der Waals surface area contributed by atoms with E-state index >= 15 is 0 Å². The van der Waals surface area contributed by atoms with Crippen molar-refractivity contribution in [3.63, 3.8) is 0 Å². The summed E-state index contributed by atoms with van der Waals surface area (Å²) in [5.74, 6) is 1.14. The first kappa shape index (κ1) is 16.9. The number of nitrogens with one attached hydrogen (secondary N) is 1. The molecule has 1 N–H and O–H groups in total. The molecule has 0 bridgehead atoms. The molecule has 0 fully saturated rings. The van der Waals surface area contributed by atoms with Gasteiger partial charge in [-0.2, -0.15) is 5.10 Å². The Labute approximate surface area is 136 Å². The lowest BCUT2D eigenvalue weighted by Crippen LogP contribution is -2.16. The predicted molar refractivity (Wildman–Crippen MR) is 89.3 cm³/mol. The van der Waals surface area contributed by atoms with Gasteiger partial charge in [0, 0.05) is 30.1 Å². The molecule has 0 unspecified atom stereocenters. The van der Waals surface area contributed by atoms with Crippen LogP contribution in [0.15, 0.2) is 12.1 Å². The average Bonchev–Trinajstić information content (AvgIpc) is 2.75. The van der Waals surface area contributed by atoms with Crippen LogP contribution in [0.25, 0.3) is 0 Å². The molecular weight excluding hydrogens is 294 g/mol. The number of hydrogen-bond donors (Lipinski definition) is 1. The number of carbonyl (C=O) groups excluding carboxylic acids is 1. The molecule has 0 aliphatic carbocycles. The number of rotatable bonds is 5. The van der Waals surface area contributed by atoms with E-state index in [0.29, 0.717) is 23.6 Å². The number of hydrogen-bond acceptors (Lipinski definition) is 4. The van der Waals surface area contributed by atoms with Gasteiger partial charge in [-0.1, -0.05) is 0 Å². The van der Waals surface area contributed by atoms with Gasteiger partial charge in [-0.25, -0.2) is 0 Å². The van der Waals surface area contributed by atoms with Gasteiger partial charge in [0.1, 0.15) is 0 Å². The second kappa shape index (κ2) is 6.73. The van der Waals surface area contributed by atoms with Gasteiger partial charge < -0.3 is 14.8 Å². The first-order valence-corrected chi connectivity index (χ1v) is 7.39. The Bertz CT molecular complexity index is 735. The van der Waals surface area contributed by atoms with E-state index in [1.165, 1.54) is 0 Å². The number of anilines is 1. The maximum Gasteiger partial charge on any atom is 0.228 e. The zero-order valence-corrected chi connectivity index (χ0v) is 14.5. The van der Waals surface area contributed by atoms with Crippen molar-refractivity contribution in [1.82, 2.24) is 9.78 Å². The van der Waals surface area contributed by atoms with Crippen LogP contribution in [0, 0.1) is 20.8 Å². The highest BCUT2D eigenvalue weighted by molar-refractivity contribution is 5.93. The van der Waals surface area contributed by atoms with Gasteiger partial charge in [0.05, 0.1) is 26.3 Å². The number of benzene rings is 1. The fourth-order valence-corrected chi connectivity index (χ4v) is 2.54. The predicted octanol–water partition coefficient (Wildman–Crippen LogP) is 2.54. The quantitative estimate of drug-likeness (QED) is 0.920. The lowest BCUT2D eigenvalue weighted by Gasteiger charge is -2.13. The van der Waals surface area contributed by atoms with Crippen LogP contribution in [-0.4, -0.2) is 29.9 Å². The third kappa shape index (κ3) is 3.47. The first-order chi connectivity index (χ1) is 10.9. The molecule has 1 aromatic carbocycles. The van der Waals surface area contributed by atoms with Crippen molar-refractivity contribution >= 4 is 11.6 Å². The van der Waals surface area contributed by atoms with Gasteiger partial charge in [-0.3, -0.25) is 9.48 Å². The Morgan fingerprint density at radius 3 is 2.30 bits per heavy atom. The zero-order chi connectivity index (χ0) is 17.1. The van der Waals surface area contributed by atoms with Crippen molar-refractivity contribution in [1.29, 1.82) is 0 Å². The van der Waals surface area contributed by atoms with E-state index in [4.69, 9.17) is 9.47 Å². The number of nitrogens with zero attached hydrogens (tertiary/aromatic N) is 2. The number of aryl methyl sites for hydroxylation is 3. The Balaban J connectivity index is 2.20. The monoisotopic (exact) mass is 317 g/mol. The van der Waals surface area contributed by atoms with Gasteiger partial charge in [-0.05, 0) is 32.4 Å². The highest BCUT2D eigenvalue weighted by atomic mass is 16.5. The minimum atomic E-state index is -0.0838. The normalized spacial score (nSPS) is 10.5. The van der Waals surface area contributed by atoms with E-state index in [-0.39, 0.29) is 5.91 Å². The molecule has 0 aliphatic rings. The smallest absolute Gasteiger partial charge is 0.228 e. The largest absolute Gasteiger partial charge is 0.493 e. The van der Waals surface area contributed by atoms with Crippen LogP contribution in [0.2, 0.25) is 0 Å². The van der Waals surface area contributed by atoms with Gasteiger partial charge in [0.2, 0.25) is 5.91 Å². The number of amides is 1. The molecule has 0 saturated heterocycles. The zero-order valence-electron chi connectivity index (χ0n) is 14.5. The lowest BCUT2D eigenvalue weighted by atomic mass is 10.1. The summed E-state index contributed by atoms with van der Waals surface area (Å²) in [6, 6.07) is 3.62. The highest BCUT2D eigenvalue weighted by Crippen LogP contribution is 2.33. The molecule has 0 spiro atoms. The maximum atomic E-state index is 12.4. The van der Waals surface area contributed by atoms with Crippen LogP contribution in [-0.2, 0) is 18.3 Å². The van der Waals surface area contributed by atoms with E-state index in [9.17, 15) is 4.79 Å². The summed E-state index contributed by atoms with van der Waals surface area (Å²) in [4.78, 5) is 12.4. The van der Waals surface area contributed by atoms with Gasteiger partial charge >= 0.3 is 0 Å². The molecule has 0 atom stereocenters. The molecule has 0 saturated carbocycles. The SMILES string of the molecule is COc1cc(C)c(NC(=O)Cc2c(C)nn(C)c2C)cc1OC. The summed E-state index contributed by atoms with van der Waals surface area (Å²) in [5.41, 5.74) is 4.47. The molecule has 0 radical (unpaired) electrons. The second-order valence-corrected chi connectivity index (χ2v) is 5.52. The number of aromatic nitrogens is 2. The minimum Gasteiger partial charge on any atom is -0.493 e. The summed E-state index contributed by atoms with van der Waals surface area (Å²) in [6.07, 6.45) is 0.291. The molecule has 6 nitrogen and oxygen atoms in total. The van der Waals surface area contributed by atoms with Crippen LogP contribution < -0.4 is 14.8 Å². The van der Waals surface area contributed by atoms with E-state index in [0.717, 1.165) is 22.5 Å². The van der Waals surface area contributed by atoms with Crippen molar-refractivity contribution in [3.8, 4) is 11.5 Å². The molecule has 1 heterocycles. The third-order valence-electron chi connectivity index (χ3n) is 4.00. The molecule has 2 rings (SSSR count).